The van der Waals surface area contributed by atoms with Crippen LogP contribution in [-0.4, -0.2) is 0 Å². The van der Waals surface area contributed by atoms with Crippen LogP contribution in [0.1, 0.15) is 48.9 Å². The van der Waals surface area contributed by atoms with E-state index < -0.39 is 0 Å². The van der Waals surface area contributed by atoms with Gasteiger partial charge >= 0.3 is 0 Å². The van der Waals surface area contributed by atoms with Crippen LogP contribution >= 0.6 is 0 Å². The predicted octanol–water partition coefficient (Wildman–Crippen LogP) is 7.81. The van der Waals surface area contributed by atoms with Gasteiger partial charge in [0.15, 0.2) is 0 Å². The molecule has 1 atom stereocenters. The molecule has 1 aliphatic rings. The third kappa shape index (κ3) is 2.91. The van der Waals surface area contributed by atoms with Crippen LogP contribution in [0.15, 0.2) is 97.1 Å². The summed E-state index contributed by atoms with van der Waals surface area (Å²) < 4.78 is 0. The molecule has 0 saturated heterocycles. The van der Waals surface area contributed by atoms with E-state index in [1.54, 1.807) is 0 Å². The predicted molar refractivity (Wildman–Crippen MR) is 123 cm³/mol. The number of rotatable bonds is 3. The molecule has 0 amide bonds. The van der Waals surface area contributed by atoms with Gasteiger partial charge in [0.05, 0.1) is 0 Å². The first-order valence-corrected chi connectivity index (χ1v) is 10.5. The average molecular weight is 375 g/mol. The second-order valence-electron chi connectivity index (χ2n) is 8.69. The van der Waals surface area contributed by atoms with Crippen LogP contribution in [0, 0.1) is 0 Å². The van der Waals surface area contributed by atoms with Gasteiger partial charge in [0.2, 0.25) is 0 Å². The van der Waals surface area contributed by atoms with Gasteiger partial charge in [0.1, 0.15) is 0 Å². The van der Waals surface area contributed by atoms with E-state index in [-0.39, 0.29) is 5.41 Å². The molecule has 4 aromatic carbocycles. The molecule has 4 aromatic rings. The van der Waals surface area contributed by atoms with Crippen LogP contribution in [-0.2, 0) is 5.41 Å². The zero-order valence-corrected chi connectivity index (χ0v) is 17.3. The molecule has 0 bridgehead atoms. The molecule has 29 heavy (non-hydrogen) atoms. The van der Waals surface area contributed by atoms with Crippen molar-refractivity contribution in [2.45, 2.75) is 32.1 Å². The van der Waals surface area contributed by atoms with Crippen molar-refractivity contribution in [3.63, 3.8) is 0 Å². The van der Waals surface area contributed by atoms with E-state index >= 15 is 0 Å². The Morgan fingerprint density at radius 2 is 1.14 bits per heavy atom. The Kier molecular flexibility index (Phi) is 4.17. The lowest BCUT2D eigenvalue weighted by atomic mass is 9.80. The number of hydrogen-bond donors (Lipinski definition) is 0. The van der Waals surface area contributed by atoms with Gasteiger partial charge in [-0.05, 0) is 50.6 Å². The Labute approximate surface area is 173 Å². The van der Waals surface area contributed by atoms with E-state index in [1.165, 1.54) is 44.5 Å². The van der Waals surface area contributed by atoms with Gasteiger partial charge < -0.3 is 0 Å². The van der Waals surface area contributed by atoms with E-state index in [0.717, 1.165) is 0 Å². The first kappa shape index (κ1) is 17.9. The lowest BCUT2D eigenvalue weighted by Crippen LogP contribution is -2.15. The Morgan fingerprint density at radius 3 is 1.83 bits per heavy atom. The maximum atomic E-state index is 2.44. The van der Waals surface area contributed by atoms with E-state index in [2.05, 4.69) is 118 Å². The molecule has 0 heteroatoms. The zero-order chi connectivity index (χ0) is 20.0. The van der Waals surface area contributed by atoms with Gasteiger partial charge in [-0.2, -0.15) is 0 Å². The molecule has 0 fully saturated rings. The molecule has 0 N–H and O–H groups in total. The summed E-state index contributed by atoms with van der Waals surface area (Å²) in [5.41, 5.74) is 11.0. The second-order valence-corrected chi connectivity index (χ2v) is 8.69. The van der Waals surface area contributed by atoms with Crippen molar-refractivity contribution in [3.05, 3.63) is 119 Å². The molecular weight excluding hydrogens is 348 g/mol. The summed E-state index contributed by atoms with van der Waals surface area (Å²) in [5, 5.41) is 0. The Hall–Kier alpha value is -3.12. The van der Waals surface area contributed by atoms with Gasteiger partial charge in [0, 0.05) is 11.3 Å². The summed E-state index contributed by atoms with van der Waals surface area (Å²) in [6, 6.07) is 35.5. The fourth-order valence-electron chi connectivity index (χ4n) is 4.77. The summed E-state index contributed by atoms with van der Waals surface area (Å²) >= 11 is 0. The van der Waals surface area contributed by atoms with Crippen molar-refractivity contribution in [1.82, 2.24) is 0 Å². The third-order valence-electron chi connectivity index (χ3n) is 6.61. The smallest absolute Gasteiger partial charge is 0.0159 e. The quantitative estimate of drug-likeness (QED) is 0.343. The highest BCUT2D eigenvalue weighted by atomic mass is 14.4. The number of benzene rings is 4. The van der Waals surface area contributed by atoms with Crippen molar-refractivity contribution in [2.24, 2.45) is 0 Å². The SMILES string of the molecule is CC(c1ccccc1)c1ccc2c(c1)C(C)(C)c1cc(-c3ccccc3)ccc1-2. The van der Waals surface area contributed by atoms with Gasteiger partial charge in [0.25, 0.3) is 0 Å². The molecule has 0 aromatic heterocycles. The molecule has 0 saturated carbocycles. The van der Waals surface area contributed by atoms with Crippen molar-refractivity contribution in [1.29, 1.82) is 0 Å². The number of fused-ring (bicyclic) bond motifs is 3. The minimum absolute atomic E-state index is 0.00186. The van der Waals surface area contributed by atoms with Crippen LogP contribution in [0.3, 0.4) is 0 Å². The fraction of sp³-hybridized carbons (Fsp3) is 0.172. The molecule has 1 aliphatic carbocycles. The van der Waals surface area contributed by atoms with E-state index in [0.29, 0.717) is 5.92 Å². The summed E-state index contributed by atoms with van der Waals surface area (Å²) in [6.45, 7) is 7.03. The maximum absolute atomic E-state index is 2.44. The highest BCUT2D eigenvalue weighted by molar-refractivity contribution is 5.83. The Bertz CT molecular complexity index is 1170. The van der Waals surface area contributed by atoms with Gasteiger partial charge in [-0.25, -0.2) is 0 Å². The van der Waals surface area contributed by atoms with Gasteiger partial charge in [-0.15, -0.1) is 0 Å². The van der Waals surface area contributed by atoms with Crippen LogP contribution in [0.25, 0.3) is 22.3 Å². The second kappa shape index (κ2) is 6.74. The van der Waals surface area contributed by atoms with Crippen molar-refractivity contribution < 1.29 is 0 Å². The molecule has 1 unspecified atom stereocenters. The summed E-state index contributed by atoms with van der Waals surface area (Å²) in [4.78, 5) is 0. The molecular formula is C29H26. The lowest BCUT2D eigenvalue weighted by Gasteiger charge is -2.23. The minimum atomic E-state index is 0.00186. The molecule has 0 heterocycles. The molecule has 0 nitrogen and oxygen atoms in total. The molecule has 5 rings (SSSR count). The first-order valence-electron chi connectivity index (χ1n) is 10.5. The number of hydrogen-bond acceptors (Lipinski definition) is 0. The third-order valence-corrected chi connectivity index (χ3v) is 6.61. The summed E-state index contributed by atoms with van der Waals surface area (Å²) in [5.74, 6) is 0.390. The lowest BCUT2D eigenvalue weighted by molar-refractivity contribution is 0.658. The van der Waals surface area contributed by atoms with Crippen LogP contribution < -0.4 is 0 Å². The van der Waals surface area contributed by atoms with E-state index in [4.69, 9.17) is 0 Å². The molecule has 0 aliphatic heterocycles. The highest BCUT2D eigenvalue weighted by Gasteiger charge is 2.36. The average Bonchev–Trinajstić information content (AvgIpc) is 3.00. The highest BCUT2D eigenvalue weighted by Crippen LogP contribution is 2.50. The normalized spacial score (nSPS) is 14.9. The van der Waals surface area contributed by atoms with Crippen molar-refractivity contribution >= 4 is 0 Å². The molecule has 142 valence electrons. The standard InChI is InChI=1S/C29H26/c1-20(21-10-6-4-7-11-21)23-14-16-25-26-17-15-24(22-12-8-5-9-13-22)19-28(26)29(2,3)27(25)18-23/h4-20H,1-3H3. The topological polar surface area (TPSA) is 0 Å². The maximum Gasteiger partial charge on any atom is 0.0159 e. The monoisotopic (exact) mass is 374 g/mol. The summed E-state index contributed by atoms with van der Waals surface area (Å²) in [7, 11) is 0. The largest absolute Gasteiger partial charge is 0.0622 e. The van der Waals surface area contributed by atoms with Crippen LogP contribution in [0.4, 0.5) is 0 Å². The zero-order valence-electron chi connectivity index (χ0n) is 17.3. The Balaban J connectivity index is 1.59. The molecule has 0 spiro atoms. The Morgan fingerprint density at radius 1 is 0.552 bits per heavy atom. The van der Waals surface area contributed by atoms with Gasteiger partial charge in [-0.1, -0.05) is 112 Å². The fourth-order valence-corrected chi connectivity index (χ4v) is 4.77. The van der Waals surface area contributed by atoms with Crippen LogP contribution in [0.5, 0.6) is 0 Å². The van der Waals surface area contributed by atoms with Gasteiger partial charge in [-0.3, -0.25) is 0 Å². The van der Waals surface area contributed by atoms with Crippen molar-refractivity contribution in [2.75, 3.05) is 0 Å². The molecule has 0 radical (unpaired) electrons. The van der Waals surface area contributed by atoms with Crippen LogP contribution in [0.2, 0.25) is 0 Å². The summed E-state index contributed by atoms with van der Waals surface area (Å²) in [6.07, 6.45) is 0. The van der Waals surface area contributed by atoms with E-state index in [1.807, 2.05) is 0 Å². The van der Waals surface area contributed by atoms with Crippen molar-refractivity contribution in [3.8, 4) is 22.3 Å². The minimum Gasteiger partial charge on any atom is -0.0622 e. The van der Waals surface area contributed by atoms with E-state index in [9.17, 15) is 0 Å². The first-order chi connectivity index (χ1) is 14.1.